The van der Waals surface area contributed by atoms with Gasteiger partial charge in [0.05, 0.1) is 5.41 Å². The lowest BCUT2D eigenvalue weighted by molar-refractivity contribution is -0.142. The molecule has 0 radical (unpaired) electrons. The molecule has 0 atom stereocenters. The van der Waals surface area contributed by atoms with E-state index in [0.717, 1.165) is 11.3 Å². The quantitative estimate of drug-likeness (QED) is 0.733. The Kier molecular flexibility index (Phi) is 2.98. The van der Waals surface area contributed by atoms with Crippen LogP contribution in [0.25, 0.3) is 0 Å². The molecule has 1 saturated carbocycles. The molecule has 0 aromatic heterocycles. The minimum absolute atomic E-state index is 0.414. The average Bonchev–Trinajstić information content (AvgIpc) is 3.07. The Labute approximate surface area is 105 Å². The first kappa shape index (κ1) is 12.4. The fourth-order valence-electron chi connectivity index (χ4n) is 1.94. The van der Waals surface area contributed by atoms with Crippen molar-refractivity contribution in [2.45, 2.75) is 19.8 Å². The van der Waals surface area contributed by atoms with Crippen molar-refractivity contribution in [3.8, 4) is 0 Å². The number of carboxylic acids is 1. The van der Waals surface area contributed by atoms with Gasteiger partial charge in [0.1, 0.15) is 0 Å². The van der Waals surface area contributed by atoms with E-state index >= 15 is 0 Å². The molecule has 96 valence electrons. The molecule has 1 aromatic carbocycles. The summed E-state index contributed by atoms with van der Waals surface area (Å²) in [6.07, 6.45) is 1.43. The zero-order valence-electron chi connectivity index (χ0n) is 10.2. The number of carbonyl (C=O) groups excluding carboxylic acids is 1. The maximum absolute atomic E-state index is 11.1. The Morgan fingerprint density at radius 2 is 2.11 bits per heavy atom. The van der Waals surface area contributed by atoms with Crippen LogP contribution in [0, 0.1) is 12.3 Å². The molecule has 0 saturated heterocycles. The summed E-state index contributed by atoms with van der Waals surface area (Å²) in [5, 5.41) is 12.2. The van der Waals surface area contributed by atoms with Crippen LogP contribution in [0.3, 0.4) is 0 Å². The summed E-state index contributed by atoms with van der Waals surface area (Å²) in [6.45, 7) is 2.22. The molecule has 1 fully saturated rings. The summed E-state index contributed by atoms with van der Waals surface area (Å²) in [6, 6.07) is 5.20. The first-order valence-electron chi connectivity index (χ1n) is 5.82. The predicted molar refractivity (Wildman–Crippen MR) is 67.5 cm³/mol. The maximum atomic E-state index is 11.1. The van der Waals surface area contributed by atoms with Crippen LogP contribution >= 0.6 is 0 Å². The van der Waals surface area contributed by atoms with Crippen molar-refractivity contribution < 1.29 is 14.7 Å². The Bertz CT molecular complexity index is 507. The number of nitrogens with two attached hydrogens (primary N) is 1. The van der Waals surface area contributed by atoms with E-state index < -0.39 is 17.3 Å². The number of hydrogen-bond donors (Lipinski definition) is 3. The fourth-order valence-corrected chi connectivity index (χ4v) is 1.94. The number of nitrogens with one attached hydrogen (secondary N) is 1. The van der Waals surface area contributed by atoms with Crippen molar-refractivity contribution in [1.82, 2.24) is 0 Å². The third-order valence-electron chi connectivity index (χ3n) is 3.43. The average molecular weight is 248 g/mol. The van der Waals surface area contributed by atoms with Crippen LogP contribution in [0.4, 0.5) is 5.69 Å². The molecule has 5 heteroatoms. The molecule has 0 bridgehead atoms. The molecule has 1 aromatic rings. The summed E-state index contributed by atoms with van der Waals surface area (Å²) in [5.74, 6) is -1.20. The number of carbonyl (C=O) groups is 2. The smallest absolute Gasteiger partial charge is 0.311 e. The predicted octanol–water partition coefficient (Wildman–Crippen LogP) is 1.37. The number of aryl methyl sites for hydroxylation is 1. The summed E-state index contributed by atoms with van der Waals surface area (Å²) >= 11 is 0. The highest BCUT2D eigenvalue weighted by Gasteiger charge is 2.49. The summed E-state index contributed by atoms with van der Waals surface area (Å²) < 4.78 is 0. The van der Waals surface area contributed by atoms with Gasteiger partial charge in [-0.1, -0.05) is 0 Å². The molecule has 18 heavy (non-hydrogen) atoms. The van der Waals surface area contributed by atoms with Crippen LogP contribution in [0.15, 0.2) is 18.2 Å². The van der Waals surface area contributed by atoms with E-state index in [9.17, 15) is 9.59 Å². The van der Waals surface area contributed by atoms with E-state index in [1.54, 1.807) is 25.1 Å². The third kappa shape index (κ3) is 2.30. The van der Waals surface area contributed by atoms with Crippen LogP contribution in [0.2, 0.25) is 0 Å². The normalized spacial score (nSPS) is 16.1. The van der Waals surface area contributed by atoms with Gasteiger partial charge in [0, 0.05) is 17.8 Å². The summed E-state index contributed by atoms with van der Waals surface area (Å²) in [5.41, 5.74) is 6.70. The molecule has 1 aliphatic rings. The monoisotopic (exact) mass is 248 g/mol. The lowest BCUT2D eigenvalue weighted by Gasteiger charge is -2.13. The number of carboxylic acid groups (broad SMARTS) is 1. The Balaban J connectivity index is 2.05. The minimum atomic E-state index is -0.750. The second kappa shape index (κ2) is 4.33. The molecule has 0 unspecified atom stereocenters. The van der Waals surface area contributed by atoms with E-state index in [-0.39, 0.29) is 0 Å². The van der Waals surface area contributed by atoms with E-state index in [0.29, 0.717) is 24.9 Å². The van der Waals surface area contributed by atoms with Crippen LogP contribution in [-0.2, 0) is 4.79 Å². The highest BCUT2D eigenvalue weighted by molar-refractivity contribution is 5.94. The van der Waals surface area contributed by atoms with Crippen LogP contribution < -0.4 is 11.1 Å². The zero-order valence-corrected chi connectivity index (χ0v) is 10.2. The van der Waals surface area contributed by atoms with Gasteiger partial charge in [0.25, 0.3) is 0 Å². The fraction of sp³-hybridized carbons (Fsp3) is 0.385. The summed E-state index contributed by atoms with van der Waals surface area (Å²) in [7, 11) is 0. The number of aliphatic carboxylic acids is 1. The van der Waals surface area contributed by atoms with E-state index in [1.807, 2.05) is 0 Å². The van der Waals surface area contributed by atoms with Gasteiger partial charge in [0.15, 0.2) is 0 Å². The molecule has 0 heterocycles. The first-order chi connectivity index (χ1) is 8.44. The number of anilines is 1. The van der Waals surface area contributed by atoms with Crippen molar-refractivity contribution in [2.75, 3.05) is 11.9 Å². The van der Waals surface area contributed by atoms with Crippen molar-refractivity contribution in [3.63, 3.8) is 0 Å². The largest absolute Gasteiger partial charge is 0.481 e. The van der Waals surface area contributed by atoms with Gasteiger partial charge >= 0.3 is 5.97 Å². The number of hydrogen-bond acceptors (Lipinski definition) is 3. The molecular weight excluding hydrogens is 232 g/mol. The number of amides is 1. The molecule has 0 spiro atoms. The molecular formula is C13H16N2O3. The molecule has 2 rings (SSSR count). The molecule has 1 amide bonds. The highest BCUT2D eigenvalue weighted by atomic mass is 16.4. The maximum Gasteiger partial charge on any atom is 0.311 e. The van der Waals surface area contributed by atoms with Gasteiger partial charge in [0.2, 0.25) is 5.91 Å². The Hall–Kier alpha value is -2.04. The Morgan fingerprint density at radius 3 is 2.56 bits per heavy atom. The van der Waals surface area contributed by atoms with Crippen molar-refractivity contribution in [3.05, 3.63) is 29.3 Å². The molecule has 1 aliphatic carbocycles. The zero-order chi connectivity index (χ0) is 13.3. The van der Waals surface area contributed by atoms with Gasteiger partial charge in [-0.25, -0.2) is 0 Å². The van der Waals surface area contributed by atoms with Crippen LogP contribution in [0.1, 0.15) is 28.8 Å². The van der Waals surface area contributed by atoms with Gasteiger partial charge in [-0.2, -0.15) is 0 Å². The SMILES string of the molecule is Cc1cc(NCC2(C(=O)O)CC2)ccc1C(N)=O. The highest BCUT2D eigenvalue weighted by Crippen LogP contribution is 2.45. The number of benzene rings is 1. The number of primary amides is 1. The van der Waals surface area contributed by atoms with Crippen LogP contribution in [0.5, 0.6) is 0 Å². The van der Waals surface area contributed by atoms with Gasteiger partial charge in [-0.3, -0.25) is 9.59 Å². The second-order valence-corrected chi connectivity index (χ2v) is 4.83. The lowest BCUT2D eigenvalue weighted by atomic mass is 10.1. The van der Waals surface area contributed by atoms with Gasteiger partial charge in [-0.15, -0.1) is 0 Å². The van der Waals surface area contributed by atoms with Gasteiger partial charge in [-0.05, 0) is 43.5 Å². The van der Waals surface area contributed by atoms with E-state index in [4.69, 9.17) is 10.8 Å². The molecule has 0 aliphatic heterocycles. The van der Waals surface area contributed by atoms with Crippen molar-refractivity contribution in [2.24, 2.45) is 11.1 Å². The van der Waals surface area contributed by atoms with Crippen molar-refractivity contribution >= 4 is 17.6 Å². The molecule has 4 N–H and O–H groups in total. The van der Waals surface area contributed by atoms with E-state index in [2.05, 4.69) is 5.32 Å². The van der Waals surface area contributed by atoms with E-state index in [1.165, 1.54) is 0 Å². The molecule has 5 nitrogen and oxygen atoms in total. The lowest BCUT2D eigenvalue weighted by Crippen LogP contribution is -2.24. The minimum Gasteiger partial charge on any atom is -0.481 e. The summed E-state index contributed by atoms with van der Waals surface area (Å²) in [4.78, 5) is 22.1. The second-order valence-electron chi connectivity index (χ2n) is 4.83. The standard InChI is InChI=1S/C13H16N2O3/c1-8-6-9(2-3-10(8)11(14)16)15-7-13(4-5-13)12(17)18/h2-3,6,15H,4-5,7H2,1H3,(H2,14,16)(H,17,18). The van der Waals surface area contributed by atoms with Crippen molar-refractivity contribution in [1.29, 1.82) is 0 Å². The third-order valence-corrected chi connectivity index (χ3v) is 3.43. The van der Waals surface area contributed by atoms with Crippen LogP contribution in [-0.4, -0.2) is 23.5 Å². The number of rotatable bonds is 5. The Morgan fingerprint density at radius 1 is 1.44 bits per heavy atom. The topological polar surface area (TPSA) is 92.4 Å². The first-order valence-corrected chi connectivity index (χ1v) is 5.82. The van der Waals surface area contributed by atoms with Gasteiger partial charge < -0.3 is 16.2 Å².